The lowest BCUT2D eigenvalue weighted by Crippen LogP contribution is -2.31. The van der Waals surface area contributed by atoms with E-state index in [1.807, 2.05) is 37.4 Å². The summed E-state index contributed by atoms with van der Waals surface area (Å²) >= 11 is 2.18. The number of fused-ring (bicyclic) bond motifs is 1. The van der Waals surface area contributed by atoms with Crippen LogP contribution in [0, 0.1) is 3.57 Å². The summed E-state index contributed by atoms with van der Waals surface area (Å²) in [5.41, 5.74) is 1.27. The van der Waals surface area contributed by atoms with E-state index in [4.69, 9.17) is 0 Å². The Morgan fingerprint density at radius 3 is 2.72 bits per heavy atom. The van der Waals surface area contributed by atoms with Crippen LogP contribution in [0.15, 0.2) is 53.3 Å². The molecule has 2 N–H and O–H groups in total. The van der Waals surface area contributed by atoms with Gasteiger partial charge in [-0.15, -0.1) is 0 Å². The SMILES string of the molecule is CN(CC(=O)Nc1ccccc1I)Cc1nc2ccccc2c(=O)[nH]1. The van der Waals surface area contributed by atoms with Crippen LogP contribution < -0.4 is 10.9 Å². The predicted octanol–water partition coefficient (Wildman–Crippen LogP) is 2.60. The van der Waals surface area contributed by atoms with Crippen molar-refractivity contribution in [3.63, 3.8) is 0 Å². The summed E-state index contributed by atoms with van der Waals surface area (Å²) in [7, 11) is 1.81. The monoisotopic (exact) mass is 448 g/mol. The number of H-pyrrole nitrogens is 1. The first kappa shape index (κ1) is 17.6. The molecular formula is C18H17IN4O2. The van der Waals surface area contributed by atoms with Crippen LogP contribution in [-0.4, -0.2) is 34.4 Å². The fourth-order valence-electron chi connectivity index (χ4n) is 2.52. The van der Waals surface area contributed by atoms with Crippen molar-refractivity contribution < 1.29 is 4.79 Å². The number of para-hydroxylation sites is 2. The zero-order chi connectivity index (χ0) is 17.8. The molecule has 0 fully saturated rings. The largest absolute Gasteiger partial charge is 0.324 e. The zero-order valence-electron chi connectivity index (χ0n) is 13.6. The number of likely N-dealkylation sites (N-methyl/N-ethyl adjacent to an activating group) is 1. The smallest absolute Gasteiger partial charge is 0.258 e. The molecule has 2 aromatic carbocycles. The van der Waals surface area contributed by atoms with Gasteiger partial charge in [0.05, 0.1) is 29.7 Å². The quantitative estimate of drug-likeness (QED) is 0.589. The number of carbonyl (C=O) groups is 1. The molecule has 0 aliphatic rings. The Balaban J connectivity index is 1.66. The highest BCUT2D eigenvalue weighted by Gasteiger charge is 2.11. The van der Waals surface area contributed by atoms with Gasteiger partial charge in [-0.1, -0.05) is 24.3 Å². The fourth-order valence-corrected chi connectivity index (χ4v) is 3.04. The number of nitrogens with one attached hydrogen (secondary N) is 2. The van der Waals surface area contributed by atoms with E-state index in [9.17, 15) is 9.59 Å². The first-order valence-electron chi connectivity index (χ1n) is 7.74. The Kier molecular flexibility index (Phi) is 5.44. The standard InChI is InChI=1S/C18H17IN4O2/c1-23(11-17(24)21-15-9-5-3-7-13(15)19)10-16-20-14-8-4-2-6-12(14)18(25)22-16/h2-9H,10-11H2,1H3,(H,21,24)(H,20,22,25). The highest BCUT2D eigenvalue weighted by Crippen LogP contribution is 2.16. The first-order chi connectivity index (χ1) is 12.0. The Morgan fingerprint density at radius 1 is 1.20 bits per heavy atom. The van der Waals surface area contributed by atoms with E-state index in [1.165, 1.54) is 0 Å². The molecule has 1 aromatic heterocycles. The molecule has 0 unspecified atom stereocenters. The summed E-state index contributed by atoms with van der Waals surface area (Å²) in [6, 6.07) is 14.8. The van der Waals surface area contributed by atoms with Crippen LogP contribution >= 0.6 is 22.6 Å². The van der Waals surface area contributed by atoms with E-state index < -0.39 is 0 Å². The van der Waals surface area contributed by atoms with E-state index in [0.717, 1.165) is 9.26 Å². The van der Waals surface area contributed by atoms with Gasteiger partial charge in [-0.25, -0.2) is 4.98 Å². The number of benzene rings is 2. The number of hydrogen-bond donors (Lipinski definition) is 2. The molecule has 0 bridgehead atoms. The summed E-state index contributed by atoms with van der Waals surface area (Å²) in [4.78, 5) is 33.3. The van der Waals surface area contributed by atoms with Crippen LogP contribution in [0.4, 0.5) is 5.69 Å². The molecule has 0 saturated carbocycles. The molecule has 3 rings (SSSR count). The van der Waals surface area contributed by atoms with Crippen LogP contribution in [0.1, 0.15) is 5.82 Å². The number of anilines is 1. The number of aromatic amines is 1. The first-order valence-corrected chi connectivity index (χ1v) is 8.81. The number of hydrogen-bond acceptors (Lipinski definition) is 4. The summed E-state index contributed by atoms with van der Waals surface area (Å²) in [5, 5.41) is 3.45. The molecule has 1 amide bonds. The van der Waals surface area contributed by atoms with Crippen LogP contribution in [-0.2, 0) is 11.3 Å². The third kappa shape index (κ3) is 4.43. The summed E-state index contributed by atoms with van der Waals surface area (Å²) < 4.78 is 0.983. The van der Waals surface area contributed by atoms with Gasteiger partial charge in [0.2, 0.25) is 5.91 Å². The van der Waals surface area contributed by atoms with Crippen LogP contribution in [0.3, 0.4) is 0 Å². The summed E-state index contributed by atoms with van der Waals surface area (Å²) in [6.45, 7) is 0.570. The van der Waals surface area contributed by atoms with E-state index in [2.05, 4.69) is 37.9 Å². The number of halogens is 1. The van der Waals surface area contributed by atoms with Crippen LogP contribution in [0.2, 0.25) is 0 Å². The van der Waals surface area contributed by atoms with Crippen molar-refractivity contribution in [2.45, 2.75) is 6.54 Å². The van der Waals surface area contributed by atoms with Gasteiger partial charge in [-0.05, 0) is 53.9 Å². The lowest BCUT2D eigenvalue weighted by Gasteiger charge is -2.16. The molecule has 3 aromatic rings. The fraction of sp³-hybridized carbons (Fsp3) is 0.167. The maximum Gasteiger partial charge on any atom is 0.258 e. The van der Waals surface area contributed by atoms with Gasteiger partial charge in [0.15, 0.2) is 0 Å². The van der Waals surface area contributed by atoms with Crippen molar-refractivity contribution in [3.8, 4) is 0 Å². The third-order valence-electron chi connectivity index (χ3n) is 3.64. The molecule has 0 aliphatic heterocycles. The van der Waals surface area contributed by atoms with Gasteiger partial charge < -0.3 is 10.3 Å². The Bertz CT molecular complexity index is 970. The molecule has 6 nitrogen and oxygen atoms in total. The number of carbonyl (C=O) groups excluding carboxylic acids is 1. The van der Waals surface area contributed by atoms with Crippen molar-refractivity contribution in [3.05, 3.63) is 68.3 Å². The van der Waals surface area contributed by atoms with E-state index in [1.54, 1.807) is 23.1 Å². The average Bonchev–Trinajstić information content (AvgIpc) is 2.57. The molecule has 0 atom stereocenters. The Morgan fingerprint density at radius 2 is 1.92 bits per heavy atom. The second-order valence-corrected chi connectivity index (χ2v) is 6.89. The topological polar surface area (TPSA) is 78.1 Å². The second kappa shape index (κ2) is 7.75. The molecule has 0 aliphatic carbocycles. The van der Waals surface area contributed by atoms with Gasteiger partial charge >= 0.3 is 0 Å². The highest BCUT2D eigenvalue weighted by molar-refractivity contribution is 14.1. The van der Waals surface area contributed by atoms with Crippen molar-refractivity contribution in [2.75, 3.05) is 18.9 Å². The van der Waals surface area contributed by atoms with Crippen molar-refractivity contribution in [1.82, 2.24) is 14.9 Å². The zero-order valence-corrected chi connectivity index (χ0v) is 15.8. The van der Waals surface area contributed by atoms with E-state index in [-0.39, 0.29) is 18.0 Å². The molecule has 7 heteroatoms. The number of amides is 1. The summed E-state index contributed by atoms with van der Waals surface area (Å²) in [5.74, 6) is 0.419. The minimum Gasteiger partial charge on any atom is -0.324 e. The minimum absolute atomic E-state index is 0.116. The van der Waals surface area contributed by atoms with Crippen molar-refractivity contribution in [1.29, 1.82) is 0 Å². The summed E-state index contributed by atoms with van der Waals surface area (Å²) in [6.07, 6.45) is 0. The highest BCUT2D eigenvalue weighted by atomic mass is 127. The molecular weight excluding hydrogens is 431 g/mol. The lowest BCUT2D eigenvalue weighted by atomic mass is 10.2. The molecule has 25 heavy (non-hydrogen) atoms. The van der Waals surface area contributed by atoms with E-state index >= 15 is 0 Å². The lowest BCUT2D eigenvalue weighted by molar-refractivity contribution is -0.117. The average molecular weight is 448 g/mol. The number of aromatic nitrogens is 2. The van der Waals surface area contributed by atoms with Crippen LogP contribution in [0.5, 0.6) is 0 Å². The van der Waals surface area contributed by atoms with Gasteiger partial charge in [0.25, 0.3) is 5.56 Å². The van der Waals surface area contributed by atoms with Gasteiger partial charge in [-0.2, -0.15) is 0 Å². The van der Waals surface area contributed by atoms with Gasteiger partial charge in [-0.3, -0.25) is 14.5 Å². The number of nitrogens with zero attached hydrogens (tertiary/aromatic N) is 2. The Labute approximate surface area is 158 Å². The normalized spacial score (nSPS) is 11.0. The molecule has 0 radical (unpaired) electrons. The van der Waals surface area contributed by atoms with Gasteiger partial charge in [0, 0.05) is 3.57 Å². The third-order valence-corrected chi connectivity index (χ3v) is 4.58. The number of rotatable bonds is 5. The minimum atomic E-state index is -0.169. The van der Waals surface area contributed by atoms with Crippen molar-refractivity contribution in [2.24, 2.45) is 0 Å². The van der Waals surface area contributed by atoms with Crippen LogP contribution in [0.25, 0.3) is 10.9 Å². The maximum atomic E-state index is 12.2. The Hall–Kier alpha value is -2.26. The van der Waals surface area contributed by atoms with Crippen molar-refractivity contribution >= 4 is 45.1 Å². The molecule has 0 saturated heterocycles. The molecule has 1 heterocycles. The second-order valence-electron chi connectivity index (χ2n) is 5.73. The predicted molar refractivity (Wildman–Crippen MR) is 106 cm³/mol. The molecule has 128 valence electrons. The van der Waals surface area contributed by atoms with E-state index in [0.29, 0.717) is 23.3 Å². The maximum absolute atomic E-state index is 12.2. The van der Waals surface area contributed by atoms with Gasteiger partial charge in [0.1, 0.15) is 5.82 Å². The molecule has 0 spiro atoms.